The van der Waals surface area contributed by atoms with Gasteiger partial charge in [0.15, 0.2) is 0 Å². The van der Waals surface area contributed by atoms with Crippen molar-refractivity contribution >= 4 is 17.5 Å². The van der Waals surface area contributed by atoms with Crippen molar-refractivity contribution in [3.8, 4) is 0 Å². The van der Waals surface area contributed by atoms with Crippen LogP contribution in [-0.4, -0.2) is 42.5 Å². The molecule has 1 aliphatic heterocycles. The van der Waals surface area contributed by atoms with E-state index in [1.165, 1.54) is 0 Å². The molecule has 15 heavy (non-hydrogen) atoms. The number of morpholine rings is 1. The fourth-order valence-corrected chi connectivity index (χ4v) is 1.77. The third kappa shape index (κ3) is 3.35. The molecule has 0 aliphatic carbocycles. The number of halogens is 1. The van der Waals surface area contributed by atoms with Crippen LogP contribution in [0.4, 0.5) is 0 Å². The van der Waals surface area contributed by atoms with Gasteiger partial charge in [-0.3, -0.25) is 4.79 Å². The van der Waals surface area contributed by atoms with Crippen molar-refractivity contribution in [3.63, 3.8) is 0 Å². The van der Waals surface area contributed by atoms with Gasteiger partial charge < -0.3 is 9.64 Å². The highest BCUT2D eigenvalue weighted by molar-refractivity contribution is 6.18. The SMILES string of the molecule is CC(C)C(C)C(=O)N1CCOC(CCl)C1. The van der Waals surface area contributed by atoms with E-state index in [9.17, 15) is 4.79 Å². The van der Waals surface area contributed by atoms with E-state index in [0.717, 1.165) is 0 Å². The Morgan fingerprint density at radius 3 is 2.73 bits per heavy atom. The smallest absolute Gasteiger partial charge is 0.225 e. The van der Waals surface area contributed by atoms with Gasteiger partial charge in [-0.05, 0) is 5.92 Å². The van der Waals surface area contributed by atoms with Gasteiger partial charge in [0, 0.05) is 19.0 Å². The lowest BCUT2D eigenvalue weighted by molar-refractivity contribution is -0.143. The Balaban J connectivity index is 2.52. The van der Waals surface area contributed by atoms with E-state index in [4.69, 9.17) is 16.3 Å². The van der Waals surface area contributed by atoms with Gasteiger partial charge in [0.1, 0.15) is 0 Å². The fraction of sp³-hybridized carbons (Fsp3) is 0.909. The molecule has 88 valence electrons. The molecule has 0 spiro atoms. The Morgan fingerprint density at radius 2 is 2.20 bits per heavy atom. The van der Waals surface area contributed by atoms with Crippen LogP contribution < -0.4 is 0 Å². The fourth-order valence-electron chi connectivity index (χ4n) is 1.59. The molecule has 1 rings (SSSR count). The van der Waals surface area contributed by atoms with Crippen LogP contribution in [0.15, 0.2) is 0 Å². The van der Waals surface area contributed by atoms with Gasteiger partial charge in [-0.15, -0.1) is 11.6 Å². The molecule has 0 saturated carbocycles. The van der Waals surface area contributed by atoms with Gasteiger partial charge in [0.05, 0.1) is 18.6 Å². The van der Waals surface area contributed by atoms with Gasteiger partial charge in [-0.2, -0.15) is 0 Å². The summed E-state index contributed by atoms with van der Waals surface area (Å²) in [4.78, 5) is 13.9. The van der Waals surface area contributed by atoms with Crippen LogP contribution in [-0.2, 0) is 9.53 Å². The first-order chi connectivity index (χ1) is 7.06. The molecule has 0 bridgehead atoms. The number of carbonyl (C=O) groups excluding carboxylic acids is 1. The molecule has 1 heterocycles. The minimum Gasteiger partial charge on any atom is -0.373 e. The predicted molar refractivity (Wildman–Crippen MR) is 61.0 cm³/mol. The summed E-state index contributed by atoms with van der Waals surface area (Å²) < 4.78 is 5.42. The van der Waals surface area contributed by atoms with Crippen molar-refractivity contribution in [1.29, 1.82) is 0 Å². The molecule has 4 heteroatoms. The zero-order chi connectivity index (χ0) is 11.4. The third-order valence-electron chi connectivity index (χ3n) is 3.01. The Hall–Kier alpha value is -0.280. The molecule has 0 aromatic rings. The molecule has 0 aromatic heterocycles. The second-order valence-electron chi connectivity index (χ2n) is 4.46. The predicted octanol–water partition coefficient (Wildman–Crippen LogP) is 1.74. The van der Waals surface area contributed by atoms with Crippen molar-refractivity contribution < 1.29 is 9.53 Å². The molecule has 1 fully saturated rings. The van der Waals surface area contributed by atoms with Gasteiger partial charge in [0.2, 0.25) is 5.91 Å². The molecule has 0 N–H and O–H groups in total. The molecule has 3 nitrogen and oxygen atoms in total. The molecule has 0 radical (unpaired) electrons. The maximum Gasteiger partial charge on any atom is 0.225 e. The quantitative estimate of drug-likeness (QED) is 0.695. The summed E-state index contributed by atoms with van der Waals surface area (Å²) in [6, 6.07) is 0. The first-order valence-corrected chi connectivity index (χ1v) is 6.06. The van der Waals surface area contributed by atoms with Crippen LogP contribution in [0.1, 0.15) is 20.8 Å². The van der Waals surface area contributed by atoms with E-state index < -0.39 is 0 Å². The molecule has 1 saturated heterocycles. The van der Waals surface area contributed by atoms with Crippen LogP contribution in [0.25, 0.3) is 0 Å². The minimum absolute atomic E-state index is 0.00345. The number of carbonyl (C=O) groups is 1. The number of ether oxygens (including phenoxy) is 1. The molecule has 0 aromatic carbocycles. The average molecular weight is 234 g/mol. The average Bonchev–Trinajstić information content (AvgIpc) is 2.27. The Bertz CT molecular complexity index is 221. The van der Waals surface area contributed by atoms with E-state index >= 15 is 0 Å². The normalized spacial score (nSPS) is 24.3. The van der Waals surface area contributed by atoms with Gasteiger partial charge in [0.25, 0.3) is 0 Å². The molecule has 1 amide bonds. The summed E-state index contributed by atoms with van der Waals surface area (Å²) >= 11 is 5.73. The molecular weight excluding hydrogens is 214 g/mol. The van der Waals surface area contributed by atoms with Crippen molar-refractivity contribution in [1.82, 2.24) is 4.90 Å². The van der Waals surface area contributed by atoms with Gasteiger partial charge >= 0.3 is 0 Å². The highest BCUT2D eigenvalue weighted by atomic mass is 35.5. The Labute approximate surface area is 96.7 Å². The summed E-state index contributed by atoms with van der Waals surface area (Å²) in [7, 11) is 0. The van der Waals surface area contributed by atoms with E-state index in [0.29, 0.717) is 31.5 Å². The maximum atomic E-state index is 12.0. The molecule has 2 atom stereocenters. The van der Waals surface area contributed by atoms with Crippen molar-refractivity contribution in [3.05, 3.63) is 0 Å². The highest BCUT2D eigenvalue weighted by Gasteiger charge is 2.27. The zero-order valence-corrected chi connectivity index (χ0v) is 10.5. The summed E-state index contributed by atoms with van der Waals surface area (Å²) in [6.45, 7) is 8.07. The maximum absolute atomic E-state index is 12.0. The Kier molecular flexibility index (Phi) is 4.87. The minimum atomic E-state index is 0.00345. The van der Waals surface area contributed by atoms with E-state index in [1.54, 1.807) is 0 Å². The van der Waals surface area contributed by atoms with Gasteiger partial charge in [-0.1, -0.05) is 20.8 Å². The number of alkyl halides is 1. The lowest BCUT2D eigenvalue weighted by atomic mass is 9.96. The zero-order valence-electron chi connectivity index (χ0n) is 9.70. The number of hydrogen-bond acceptors (Lipinski definition) is 2. The van der Waals surface area contributed by atoms with Crippen LogP contribution >= 0.6 is 11.6 Å². The number of nitrogens with zero attached hydrogens (tertiary/aromatic N) is 1. The summed E-state index contributed by atoms with van der Waals surface area (Å²) in [5, 5.41) is 0. The van der Waals surface area contributed by atoms with E-state index in [2.05, 4.69) is 13.8 Å². The number of rotatable bonds is 3. The monoisotopic (exact) mass is 233 g/mol. The van der Waals surface area contributed by atoms with Crippen LogP contribution in [0.3, 0.4) is 0 Å². The van der Waals surface area contributed by atoms with Gasteiger partial charge in [-0.25, -0.2) is 0 Å². The van der Waals surface area contributed by atoms with Crippen LogP contribution in [0, 0.1) is 11.8 Å². The Morgan fingerprint density at radius 1 is 1.53 bits per heavy atom. The number of amides is 1. The molecular formula is C11H20ClNO2. The lowest BCUT2D eigenvalue weighted by Gasteiger charge is -2.34. The molecule has 2 unspecified atom stereocenters. The molecule has 1 aliphatic rings. The summed E-state index contributed by atoms with van der Waals surface area (Å²) in [5.41, 5.74) is 0. The number of hydrogen-bond donors (Lipinski definition) is 0. The second-order valence-corrected chi connectivity index (χ2v) is 4.77. The van der Waals surface area contributed by atoms with E-state index in [-0.39, 0.29) is 17.9 Å². The summed E-state index contributed by atoms with van der Waals surface area (Å²) in [5.74, 6) is 1.15. The topological polar surface area (TPSA) is 29.5 Å². The highest BCUT2D eigenvalue weighted by Crippen LogP contribution is 2.16. The van der Waals surface area contributed by atoms with Crippen LogP contribution in [0.2, 0.25) is 0 Å². The van der Waals surface area contributed by atoms with Crippen molar-refractivity contribution in [2.75, 3.05) is 25.6 Å². The summed E-state index contributed by atoms with van der Waals surface area (Å²) in [6.07, 6.45) is 0.00345. The second kappa shape index (κ2) is 5.71. The third-order valence-corrected chi connectivity index (χ3v) is 3.36. The van der Waals surface area contributed by atoms with Crippen molar-refractivity contribution in [2.45, 2.75) is 26.9 Å². The van der Waals surface area contributed by atoms with Crippen LogP contribution in [0.5, 0.6) is 0 Å². The largest absolute Gasteiger partial charge is 0.373 e. The van der Waals surface area contributed by atoms with E-state index in [1.807, 2.05) is 11.8 Å². The van der Waals surface area contributed by atoms with Crippen molar-refractivity contribution in [2.24, 2.45) is 11.8 Å². The lowest BCUT2D eigenvalue weighted by Crippen LogP contribution is -2.48. The standard InChI is InChI=1S/C11H20ClNO2/c1-8(2)9(3)11(14)13-4-5-15-10(6-12)7-13/h8-10H,4-7H2,1-3H3. The first kappa shape index (κ1) is 12.8. The first-order valence-electron chi connectivity index (χ1n) is 5.52.